The van der Waals surface area contributed by atoms with Gasteiger partial charge in [0.25, 0.3) is 0 Å². The van der Waals surface area contributed by atoms with Crippen molar-refractivity contribution in [3.05, 3.63) is 34.9 Å². The number of hydrogen-bond acceptors (Lipinski definition) is 3. The number of Topliss-reactive ketones (excluding diaryl/α,β-unsaturated/α-hetero) is 1. The van der Waals surface area contributed by atoms with E-state index in [1.165, 1.54) is 11.1 Å². The van der Waals surface area contributed by atoms with Crippen LogP contribution in [0.2, 0.25) is 0 Å². The lowest BCUT2D eigenvalue weighted by Gasteiger charge is -2.08. The Kier molecular flexibility index (Phi) is 5.56. The molecule has 1 rings (SSSR count). The van der Waals surface area contributed by atoms with Gasteiger partial charge in [0.05, 0.1) is 6.61 Å². The zero-order chi connectivity index (χ0) is 13.5. The minimum absolute atomic E-state index is 0.175. The van der Waals surface area contributed by atoms with E-state index in [0.717, 1.165) is 12.8 Å². The van der Waals surface area contributed by atoms with Crippen LogP contribution in [0.25, 0.3) is 0 Å². The van der Waals surface area contributed by atoms with Crippen LogP contribution in [0.1, 0.15) is 48.7 Å². The highest BCUT2D eigenvalue weighted by atomic mass is 16.5. The third-order valence-electron chi connectivity index (χ3n) is 2.90. The molecule has 0 N–H and O–H groups in total. The fraction of sp³-hybridized carbons (Fsp3) is 0.467. The van der Waals surface area contributed by atoms with Crippen LogP contribution in [-0.4, -0.2) is 18.4 Å². The second kappa shape index (κ2) is 6.94. The van der Waals surface area contributed by atoms with Crippen molar-refractivity contribution >= 4 is 11.8 Å². The number of hydrogen-bond donors (Lipinski definition) is 0. The lowest BCUT2D eigenvalue weighted by atomic mass is 9.97. The molecule has 0 radical (unpaired) electrons. The van der Waals surface area contributed by atoms with Crippen molar-refractivity contribution in [1.82, 2.24) is 0 Å². The molecule has 0 aliphatic carbocycles. The van der Waals surface area contributed by atoms with E-state index in [0.29, 0.717) is 12.2 Å². The van der Waals surface area contributed by atoms with Gasteiger partial charge in [0.1, 0.15) is 6.42 Å². The molecular formula is C15H20O3. The van der Waals surface area contributed by atoms with Crippen LogP contribution in [0.4, 0.5) is 0 Å². The first kappa shape index (κ1) is 14.4. The molecule has 18 heavy (non-hydrogen) atoms. The van der Waals surface area contributed by atoms with Gasteiger partial charge in [-0.2, -0.15) is 0 Å². The lowest BCUT2D eigenvalue weighted by Crippen LogP contribution is -2.11. The van der Waals surface area contributed by atoms with E-state index in [1.807, 2.05) is 12.1 Å². The molecule has 98 valence electrons. The molecule has 0 aromatic heterocycles. The summed E-state index contributed by atoms with van der Waals surface area (Å²) in [6, 6.07) is 5.65. The van der Waals surface area contributed by atoms with E-state index >= 15 is 0 Å². The maximum Gasteiger partial charge on any atom is 0.313 e. The summed E-state index contributed by atoms with van der Waals surface area (Å²) >= 11 is 0. The maximum atomic E-state index is 11.9. The highest BCUT2D eigenvalue weighted by Gasteiger charge is 2.13. The minimum Gasteiger partial charge on any atom is -0.466 e. The number of carbonyl (C=O) groups is 2. The summed E-state index contributed by atoms with van der Waals surface area (Å²) in [6.45, 7) is 6.19. The Morgan fingerprint density at radius 1 is 1.06 bits per heavy atom. The number of rotatable bonds is 6. The molecule has 0 aliphatic rings. The van der Waals surface area contributed by atoms with Crippen LogP contribution in [0.3, 0.4) is 0 Å². The molecule has 0 saturated heterocycles. The fourth-order valence-corrected chi connectivity index (χ4v) is 1.92. The molecule has 0 aliphatic heterocycles. The number of carbonyl (C=O) groups excluding carboxylic acids is 2. The van der Waals surface area contributed by atoms with Crippen molar-refractivity contribution < 1.29 is 14.3 Å². The molecular weight excluding hydrogens is 228 g/mol. The number of ether oxygens (including phenoxy) is 1. The van der Waals surface area contributed by atoms with E-state index in [-0.39, 0.29) is 12.2 Å². The highest BCUT2D eigenvalue weighted by molar-refractivity contribution is 6.06. The van der Waals surface area contributed by atoms with Crippen molar-refractivity contribution in [2.75, 3.05) is 6.61 Å². The van der Waals surface area contributed by atoms with Crippen LogP contribution in [0.15, 0.2) is 18.2 Å². The first-order valence-corrected chi connectivity index (χ1v) is 6.42. The van der Waals surface area contributed by atoms with Gasteiger partial charge in [-0.1, -0.05) is 26.0 Å². The van der Waals surface area contributed by atoms with E-state index in [9.17, 15) is 9.59 Å². The summed E-state index contributed by atoms with van der Waals surface area (Å²) in [5, 5.41) is 0. The van der Waals surface area contributed by atoms with Gasteiger partial charge in [-0.25, -0.2) is 0 Å². The molecule has 0 amide bonds. The normalized spacial score (nSPS) is 10.2. The Morgan fingerprint density at radius 3 is 2.28 bits per heavy atom. The van der Waals surface area contributed by atoms with Gasteiger partial charge >= 0.3 is 5.97 Å². The summed E-state index contributed by atoms with van der Waals surface area (Å²) in [5.41, 5.74) is 3.02. The van der Waals surface area contributed by atoms with Gasteiger partial charge in [0.2, 0.25) is 0 Å². The predicted molar refractivity (Wildman–Crippen MR) is 70.8 cm³/mol. The number of aryl methyl sites for hydroxylation is 2. The van der Waals surface area contributed by atoms with Crippen LogP contribution in [-0.2, 0) is 22.4 Å². The fourth-order valence-electron chi connectivity index (χ4n) is 1.92. The van der Waals surface area contributed by atoms with Crippen LogP contribution in [0, 0.1) is 0 Å². The maximum absolute atomic E-state index is 11.9. The molecule has 0 saturated carbocycles. The standard InChI is InChI=1S/C15H20O3/c1-4-11-7-8-13(9-12(11)5-2)14(16)10-15(17)18-6-3/h7-9H,4-6,10H2,1-3H3. The van der Waals surface area contributed by atoms with Crippen molar-refractivity contribution in [1.29, 1.82) is 0 Å². The first-order valence-electron chi connectivity index (χ1n) is 6.42. The van der Waals surface area contributed by atoms with E-state index in [2.05, 4.69) is 13.8 Å². The van der Waals surface area contributed by atoms with Crippen molar-refractivity contribution in [3.8, 4) is 0 Å². The Hall–Kier alpha value is -1.64. The smallest absolute Gasteiger partial charge is 0.313 e. The van der Waals surface area contributed by atoms with Crippen LogP contribution in [0.5, 0.6) is 0 Å². The zero-order valence-electron chi connectivity index (χ0n) is 11.3. The second-order valence-electron chi connectivity index (χ2n) is 4.10. The molecule has 1 aromatic carbocycles. The Bertz CT molecular complexity index is 435. The average Bonchev–Trinajstić information content (AvgIpc) is 2.38. The predicted octanol–water partition coefficient (Wildman–Crippen LogP) is 2.95. The van der Waals surface area contributed by atoms with Crippen molar-refractivity contribution in [2.45, 2.75) is 40.0 Å². The van der Waals surface area contributed by atoms with Gasteiger partial charge in [-0.05, 0) is 37.0 Å². The van der Waals surface area contributed by atoms with Crippen LogP contribution >= 0.6 is 0 Å². The molecule has 1 aromatic rings. The van der Waals surface area contributed by atoms with E-state index < -0.39 is 5.97 Å². The third-order valence-corrected chi connectivity index (χ3v) is 2.90. The molecule has 3 heteroatoms. The summed E-state index contributed by atoms with van der Waals surface area (Å²) in [7, 11) is 0. The second-order valence-corrected chi connectivity index (χ2v) is 4.10. The first-order chi connectivity index (χ1) is 8.62. The number of benzene rings is 1. The van der Waals surface area contributed by atoms with Gasteiger partial charge in [-0.3, -0.25) is 9.59 Å². The van der Waals surface area contributed by atoms with E-state index in [4.69, 9.17) is 4.74 Å². The Morgan fingerprint density at radius 2 is 1.72 bits per heavy atom. The average molecular weight is 248 g/mol. The molecule has 0 fully saturated rings. The lowest BCUT2D eigenvalue weighted by molar-refractivity contribution is -0.141. The number of esters is 1. The summed E-state index contributed by atoms with van der Waals surface area (Å²) in [5.74, 6) is -0.633. The largest absolute Gasteiger partial charge is 0.466 e. The molecule has 3 nitrogen and oxygen atoms in total. The summed E-state index contributed by atoms with van der Waals surface area (Å²) < 4.78 is 4.78. The van der Waals surface area contributed by atoms with Gasteiger partial charge < -0.3 is 4.74 Å². The molecule has 0 heterocycles. The van der Waals surface area contributed by atoms with Gasteiger partial charge in [-0.15, -0.1) is 0 Å². The SMILES string of the molecule is CCOC(=O)CC(=O)c1ccc(CC)c(CC)c1. The quantitative estimate of drug-likeness (QED) is 0.441. The van der Waals surface area contributed by atoms with Crippen molar-refractivity contribution in [2.24, 2.45) is 0 Å². The minimum atomic E-state index is -0.458. The highest BCUT2D eigenvalue weighted by Crippen LogP contribution is 2.15. The van der Waals surface area contributed by atoms with Crippen molar-refractivity contribution in [3.63, 3.8) is 0 Å². The topological polar surface area (TPSA) is 43.4 Å². The Balaban J connectivity index is 2.83. The monoisotopic (exact) mass is 248 g/mol. The molecule has 0 atom stereocenters. The van der Waals surface area contributed by atoms with E-state index in [1.54, 1.807) is 13.0 Å². The Labute approximate surface area is 108 Å². The van der Waals surface area contributed by atoms with Crippen LogP contribution < -0.4 is 0 Å². The molecule has 0 spiro atoms. The number of ketones is 1. The molecule has 0 bridgehead atoms. The zero-order valence-corrected chi connectivity index (χ0v) is 11.3. The van der Waals surface area contributed by atoms with Gasteiger partial charge in [0, 0.05) is 5.56 Å². The van der Waals surface area contributed by atoms with Gasteiger partial charge in [0.15, 0.2) is 5.78 Å². The third kappa shape index (κ3) is 3.69. The summed E-state index contributed by atoms with van der Waals surface area (Å²) in [4.78, 5) is 23.2. The molecule has 0 unspecified atom stereocenters. The summed E-state index contributed by atoms with van der Waals surface area (Å²) in [6.07, 6.45) is 1.67.